The molecule has 0 aliphatic carbocycles. The van der Waals surface area contributed by atoms with Gasteiger partial charge in [-0.15, -0.1) is 0 Å². The van der Waals surface area contributed by atoms with E-state index < -0.39 is 0 Å². The molecule has 2 amide bonds. The molecule has 1 aliphatic rings. The molecule has 2 aromatic carbocycles. The summed E-state index contributed by atoms with van der Waals surface area (Å²) in [6.45, 7) is 3.25. The van der Waals surface area contributed by atoms with Crippen molar-refractivity contribution < 1.29 is 9.59 Å². The number of hydrogen-bond acceptors (Lipinski definition) is 2. The summed E-state index contributed by atoms with van der Waals surface area (Å²) < 4.78 is 0. The van der Waals surface area contributed by atoms with Gasteiger partial charge in [0.2, 0.25) is 11.8 Å². The third kappa shape index (κ3) is 3.21. The van der Waals surface area contributed by atoms with Crippen LogP contribution in [0, 0.1) is 12.8 Å². The molecule has 3 rings (SSSR count). The number of nitrogens with zero attached hydrogens (tertiary/aromatic N) is 1. The number of aryl methyl sites for hydroxylation is 1. The van der Waals surface area contributed by atoms with Gasteiger partial charge >= 0.3 is 0 Å². The Balaban J connectivity index is 1.70. The molecule has 1 N–H and O–H groups in total. The van der Waals surface area contributed by atoms with E-state index in [1.807, 2.05) is 12.1 Å². The van der Waals surface area contributed by atoms with Crippen LogP contribution >= 0.6 is 0 Å². The normalized spacial score (nSPS) is 18.3. The van der Waals surface area contributed by atoms with Crippen molar-refractivity contribution in [3.8, 4) is 0 Å². The van der Waals surface area contributed by atoms with Gasteiger partial charge < -0.3 is 10.2 Å². The SMILES string of the molecule is Cc1ccc(CNC(=O)C2CCN(C)C(=O)C2)c2ccccc12. The Morgan fingerprint density at radius 3 is 2.70 bits per heavy atom. The van der Waals surface area contributed by atoms with Crippen LogP contribution in [0.25, 0.3) is 10.8 Å². The summed E-state index contributed by atoms with van der Waals surface area (Å²) in [4.78, 5) is 25.8. The van der Waals surface area contributed by atoms with Crippen molar-refractivity contribution in [2.75, 3.05) is 13.6 Å². The highest BCUT2D eigenvalue weighted by atomic mass is 16.2. The molecule has 1 heterocycles. The van der Waals surface area contributed by atoms with E-state index in [0.717, 1.165) is 12.0 Å². The predicted molar refractivity (Wildman–Crippen MR) is 90.9 cm³/mol. The van der Waals surface area contributed by atoms with Gasteiger partial charge in [-0.2, -0.15) is 0 Å². The molecule has 23 heavy (non-hydrogen) atoms. The van der Waals surface area contributed by atoms with Crippen LogP contribution in [0.1, 0.15) is 24.0 Å². The molecular formula is C19H22N2O2. The van der Waals surface area contributed by atoms with Crippen LogP contribution in [0.15, 0.2) is 36.4 Å². The lowest BCUT2D eigenvalue weighted by atomic mass is 9.95. The second kappa shape index (κ2) is 6.41. The van der Waals surface area contributed by atoms with Gasteiger partial charge in [0.05, 0.1) is 0 Å². The topological polar surface area (TPSA) is 49.4 Å². The monoisotopic (exact) mass is 310 g/mol. The van der Waals surface area contributed by atoms with Gasteiger partial charge in [0.25, 0.3) is 0 Å². The largest absolute Gasteiger partial charge is 0.352 e. The number of piperidine rings is 1. The minimum atomic E-state index is -0.199. The van der Waals surface area contributed by atoms with E-state index in [9.17, 15) is 9.59 Å². The lowest BCUT2D eigenvalue weighted by Crippen LogP contribution is -2.41. The fraction of sp³-hybridized carbons (Fsp3) is 0.368. The molecular weight excluding hydrogens is 288 g/mol. The van der Waals surface area contributed by atoms with Crippen LogP contribution in [-0.4, -0.2) is 30.3 Å². The first-order chi connectivity index (χ1) is 11.1. The van der Waals surface area contributed by atoms with E-state index in [1.165, 1.54) is 16.3 Å². The van der Waals surface area contributed by atoms with Crippen molar-refractivity contribution >= 4 is 22.6 Å². The Morgan fingerprint density at radius 2 is 1.96 bits per heavy atom. The van der Waals surface area contributed by atoms with Crippen molar-refractivity contribution in [3.05, 3.63) is 47.5 Å². The summed E-state index contributed by atoms with van der Waals surface area (Å²) in [5, 5.41) is 5.40. The Labute approximate surface area is 136 Å². The molecule has 0 spiro atoms. The molecule has 120 valence electrons. The van der Waals surface area contributed by atoms with Crippen LogP contribution < -0.4 is 5.32 Å². The number of hydrogen-bond donors (Lipinski definition) is 1. The van der Waals surface area contributed by atoms with Gasteiger partial charge in [-0.1, -0.05) is 36.4 Å². The number of carbonyl (C=O) groups is 2. The molecule has 0 aromatic heterocycles. The van der Waals surface area contributed by atoms with E-state index in [-0.39, 0.29) is 17.7 Å². The lowest BCUT2D eigenvalue weighted by molar-refractivity contribution is -0.139. The number of nitrogens with one attached hydrogen (secondary N) is 1. The maximum absolute atomic E-state index is 12.3. The van der Waals surface area contributed by atoms with E-state index in [1.54, 1.807) is 11.9 Å². The van der Waals surface area contributed by atoms with Crippen LogP contribution in [-0.2, 0) is 16.1 Å². The first kappa shape index (κ1) is 15.5. The summed E-state index contributed by atoms with van der Waals surface area (Å²) in [6, 6.07) is 12.4. The zero-order chi connectivity index (χ0) is 16.4. The van der Waals surface area contributed by atoms with Crippen molar-refractivity contribution in [2.24, 2.45) is 5.92 Å². The van der Waals surface area contributed by atoms with Crippen LogP contribution in [0.3, 0.4) is 0 Å². The van der Waals surface area contributed by atoms with E-state index in [2.05, 4.69) is 36.5 Å². The maximum Gasteiger partial charge on any atom is 0.223 e. The van der Waals surface area contributed by atoms with E-state index in [4.69, 9.17) is 0 Å². The third-order valence-corrected chi connectivity index (χ3v) is 4.72. The highest BCUT2D eigenvalue weighted by Gasteiger charge is 2.28. The number of benzene rings is 2. The summed E-state index contributed by atoms with van der Waals surface area (Å²) in [5.41, 5.74) is 2.34. The van der Waals surface area contributed by atoms with Gasteiger partial charge in [0, 0.05) is 32.5 Å². The quantitative estimate of drug-likeness (QED) is 0.947. The third-order valence-electron chi connectivity index (χ3n) is 4.72. The number of carbonyl (C=O) groups excluding carboxylic acids is 2. The molecule has 0 radical (unpaired) electrons. The average molecular weight is 310 g/mol. The fourth-order valence-corrected chi connectivity index (χ4v) is 3.16. The van der Waals surface area contributed by atoms with E-state index >= 15 is 0 Å². The minimum absolute atomic E-state index is 0.0175. The smallest absolute Gasteiger partial charge is 0.223 e. The molecule has 1 unspecified atom stereocenters. The Bertz CT molecular complexity index is 754. The van der Waals surface area contributed by atoms with Crippen molar-refractivity contribution in [3.63, 3.8) is 0 Å². The van der Waals surface area contributed by atoms with Gasteiger partial charge in [0.15, 0.2) is 0 Å². The van der Waals surface area contributed by atoms with Crippen LogP contribution in [0.5, 0.6) is 0 Å². The molecule has 4 nitrogen and oxygen atoms in total. The zero-order valence-corrected chi connectivity index (χ0v) is 13.6. The molecule has 0 bridgehead atoms. The first-order valence-corrected chi connectivity index (χ1v) is 8.05. The number of fused-ring (bicyclic) bond motifs is 1. The molecule has 2 aromatic rings. The molecule has 1 atom stereocenters. The van der Waals surface area contributed by atoms with E-state index in [0.29, 0.717) is 19.5 Å². The standard InChI is InChI=1S/C19H22N2O2/c1-13-7-8-15(17-6-4-3-5-16(13)17)12-20-19(23)14-9-10-21(2)18(22)11-14/h3-8,14H,9-12H2,1-2H3,(H,20,23). The molecule has 4 heteroatoms. The van der Waals surface area contributed by atoms with Crippen molar-refractivity contribution in [1.82, 2.24) is 10.2 Å². The number of likely N-dealkylation sites (tertiary alicyclic amines) is 1. The van der Waals surface area contributed by atoms with Gasteiger partial charge in [0.1, 0.15) is 0 Å². The number of amides is 2. The van der Waals surface area contributed by atoms with Crippen LogP contribution in [0.2, 0.25) is 0 Å². The molecule has 1 fully saturated rings. The fourth-order valence-electron chi connectivity index (χ4n) is 3.16. The summed E-state index contributed by atoms with van der Waals surface area (Å²) in [6.07, 6.45) is 1.06. The molecule has 0 saturated carbocycles. The van der Waals surface area contributed by atoms with Gasteiger partial charge in [-0.05, 0) is 35.2 Å². The molecule has 1 aliphatic heterocycles. The maximum atomic E-state index is 12.3. The highest BCUT2D eigenvalue weighted by Crippen LogP contribution is 2.23. The summed E-state index contributed by atoms with van der Waals surface area (Å²) in [5.74, 6) is -0.163. The summed E-state index contributed by atoms with van der Waals surface area (Å²) >= 11 is 0. The van der Waals surface area contributed by atoms with Gasteiger partial charge in [-0.25, -0.2) is 0 Å². The van der Waals surface area contributed by atoms with Crippen molar-refractivity contribution in [2.45, 2.75) is 26.3 Å². The van der Waals surface area contributed by atoms with Crippen LogP contribution in [0.4, 0.5) is 0 Å². The molecule has 1 saturated heterocycles. The lowest BCUT2D eigenvalue weighted by Gasteiger charge is -2.28. The highest BCUT2D eigenvalue weighted by molar-refractivity contribution is 5.90. The average Bonchev–Trinajstić information content (AvgIpc) is 2.57. The van der Waals surface area contributed by atoms with Gasteiger partial charge in [-0.3, -0.25) is 9.59 Å². The van der Waals surface area contributed by atoms with Crippen molar-refractivity contribution in [1.29, 1.82) is 0 Å². The predicted octanol–water partition coefficient (Wildman–Crippen LogP) is 2.63. The Kier molecular flexibility index (Phi) is 4.33. The Morgan fingerprint density at radius 1 is 1.22 bits per heavy atom. The second-order valence-electron chi connectivity index (χ2n) is 6.31. The minimum Gasteiger partial charge on any atom is -0.352 e. The zero-order valence-electron chi connectivity index (χ0n) is 13.6. The second-order valence-corrected chi connectivity index (χ2v) is 6.31. The first-order valence-electron chi connectivity index (χ1n) is 8.05. The summed E-state index contributed by atoms with van der Waals surface area (Å²) in [7, 11) is 1.79. The Hall–Kier alpha value is -2.36. The number of rotatable bonds is 3.